The van der Waals surface area contributed by atoms with E-state index in [4.69, 9.17) is 0 Å². The van der Waals surface area contributed by atoms with Gasteiger partial charge in [0, 0.05) is 30.4 Å². The van der Waals surface area contributed by atoms with Crippen LogP contribution in [0.5, 0.6) is 0 Å². The van der Waals surface area contributed by atoms with Gasteiger partial charge in [0.1, 0.15) is 15.6 Å². The summed E-state index contributed by atoms with van der Waals surface area (Å²) in [6.07, 6.45) is 1.86. The van der Waals surface area contributed by atoms with Gasteiger partial charge in [-0.15, -0.1) is 10.2 Å². The van der Waals surface area contributed by atoms with Crippen molar-refractivity contribution in [3.63, 3.8) is 0 Å². The summed E-state index contributed by atoms with van der Waals surface area (Å²) in [5, 5.41) is 24.6. The largest absolute Gasteiger partial charge is 0.378 e. The number of aromatic nitrogens is 2. The minimum atomic E-state index is -0.510. The lowest BCUT2D eigenvalue weighted by molar-refractivity contribution is -0.385. The highest BCUT2D eigenvalue weighted by molar-refractivity contribution is 7.14. The highest BCUT2D eigenvalue weighted by Crippen LogP contribution is 2.27. The Kier molecular flexibility index (Phi) is 5.48. The molecule has 2 aromatic carbocycles. The van der Waals surface area contributed by atoms with Crippen molar-refractivity contribution in [2.45, 2.75) is 19.4 Å². The predicted molar refractivity (Wildman–Crippen MR) is 111 cm³/mol. The highest BCUT2D eigenvalue weighted by Gasteiger charge is 2.27. The van der Waals surface area contributed by atoms with Gasteiger partial charge in [-0.2, -0.15) is 0 Å². The summed E-state index contributed by atoms with van der Waals surface area (Å²) in [6.45, 7) is 1.70. The van der Waals surface area contributed by atoms with E-state index in [-0.39, 0.29) is 17.2 Å². The van der Waals surface area contributed by atoms with Crippen molar-refractivity contribution in [3.05, 3.63) is 69.2 Å². The molecular weight excluding hydrogens is 390 g/mol. The number of anilines is 1. The van der Waals surface area contributed by atoms with Gasteiger partial charge in [0.15, 0.2) is 0 Å². The Morgan fingerprint density at radius 2 is 1.90 bits per heavy atom. The first-order valence-corrected chi connectivity index (χ1v) is 10.1. The summed E-state index contributed by atoms with van der Waals surface area (Å²) in [7, 11) is 0. The molecule has 1 aliphatic heterocycles. The van der Waals surface area contributed by atoms with Crippen LogP contribution in [0.3, 0.4) is 0 Å². The molecule has 0 bridgehead atoms. The van der Waals surface area contributed by atoms with Crippen LogP contribution in [0.4, 0.5) is 11.4 Å². The number of nitro benzene ring substituents is 1. The quantitative estimate of drug-likeness (QED) is 0.488. The van der Waals surface area contributed by atoms with Gasteiger partial charge in [-0.1, -0.05) is 41.7 Å². The van der Waals surface area contributed by atoms with E-state index >= 15 is 0 Å². The molecule has 1 amide bonds. The molecule has 1 fully saturated rings. The van der Waals surface area contributed by atoms with E-state index in [2.05, 4.69) is 15.5 Å². The lowest BCUT2D eigenvalue weighted by Gasteiger charge is -2.16. The number of amides is 1. The number of carbonyl (C=O) groups excluding carboxylic acids is 1. The molecule has 3 aromatic rings. The number of rotatable bonds is 6. The first-order valence-electron chi connectivity index (χ1n) is 9.31. The van der Waals surface area contributed by atoms with Crippen LogP contribution in [0.15, 0.2) is 48.5 Å². The van der Waals surface area contributed by atoms with Gasteiger partial charge in [0.2, 0.25) is 0 Å². The van der Waals surface area contributed by atoms with Gasteiger partial charge in [-0.05, 0) is 25.0 Å². The minimum Gasteiger partial charge on any atom is -0.378 e. The van der Waals surface area contributed by atoms with Gasteiger partial charge in [-0.25, -0.2) is 0 Å². The summed E-state index contributed by atoms with van der Waals surface area (Å²) >= 11 is 1.48. The summed E-state index contributed by atoms with van der Waals surface area (Å²) in [5.74, 6) is -0.292. The Morgan fingerprint density at radius 1 is 1.14 bits per heavy atom. The SMILES string of the molecule is O=C(c1cc(NCc2nnc(-c3ccccc3)s2)ccc1[N+](=O)[O-])N1CCCC1. The summed E-state index contributed by atoms with van der Waals surface area (Å²) in [5.41, 5.74) is 1.58. The van der Waals surface area contributed by atoms with Gasteiger partial charge in [-0.3, -0.25) is 14.9 Å². The second kappa shape index (κ2) is 8.36. The number of nitrogens with one attached hydrogen (secondary N) is 1. The smallest absolute Gasteiger partial charge is 0.282 e. The fourth-order valence-electron chi connectivity index (χ4n) is 3.27. The Hall–Kier alpha value is -3.33. The Labute approximate surface area is 171 Å². The normalized spacial score (nSPS) is 13.4. The maximum Gasteiger partial charge on any atom is 0.282 e. The highest BCUT2D eigenvalue weighted by atomic mass is 32.1. The molecule has 0 saturated carbocycles. The van der Waals surface area contributed by atoms with Crippen molar-refractivity contribution in [1.29, 1.82) is 0 Å². The molecule has 1 N–H and O–H groups in total. The summed E-state index contributed by atoms with van der Waals surface area (Å²) in [4.78, 5) is 25.3. The van der Waals surface area contributed by atoms with Crippen LogP contribution in [0.1, 0.15) is 28.2 Å². The van der Waals surface area contributed by atoms with Gasteiger partial charge >= 0.3 is 0 Å². The van der Waals surface area contributed by atoms with Crippen molar-refractivity contribution in [1.82, 2.24) is 15.1 Å². The molecular formula is C20H19N5O3S. The zero-order valence-corrected chi connectivity index (χ0v) is 16.4. The third-order valence-corrected chi connectivity index (χ3v) is 5.72. The first-order chi connectivity index (χ1) is 14.1. The lowest BCUT2D eigenvalue weighted by atomic mass is 10.1. The van der Waals surface area contributed by atoms with Crippen LogP contribution in [-0.4, -0.2) is 39.0 Å². The van der Waals surface area contributed by atoms with Crippen molar-refractivity contribution >= 4 is 28.6 Å². The van der Waals surface area contributed by atoms with Crippen LogP contribution < -0.4 is 5.32 Å². The Balaban J connectivity index is 1.50. The molecule has 0 radical (unpaired) electrons. The third kappa shape index (κ3) is 4.24. The van der Waals surface area contributed by atoms with E-state index in [1.807, 2.05) is 30.3 Å². The maximum atomic E-state index is 12.7. The van der Waals surface area contributed by atoms with Gasteiger partial charge in [0.05, 0.1) is 11.5 Å². The number of nitro groups is 1. The van der Waals surface area contributed by atoms with Crippen LogP contribution >= 0.6 is 11.3 Å². The number of nitrogens with zero attached hydrogens (tertiary/aromatic N) is 4. The number of likely N-dealkylation sites (tertiary alicyclic amines) is 1. The van der Waals surface area contributed by atoms with Crippen LogP contribution in [0, 0.1) is 10.1 Å². The molecule has 0 aliphatic carbocycles. The van der Waals surface area contributed by atoms with E-state index in [0.29, 0.717) is 25.3 Å². The molecule has 1 saturated heterocycles. The van der Waals surface area contributed by atoms with E-state index in [9.17, 15) is 14.9 Å². The van der Waals surface area contributed by atoms with Gasteiger partial charge in [0.25, 0.3) is 11.6 Å². The van der Waals surface area contributed by atoms with E-state index in [1.54, 1.807) is 17.0 Å². The Morgan fingerprint density at radius 3 is 2.62 bits per heavy atom. The Bertz CT molecular complexity index is 1030. The topological polar surface area (TPSA) is 101 Å². The minimum absolute atomic E-state index is 0.115. The zero-order chi connectivity index (χ0) is 20.2. The number of hydrogen-bond acceptors (Lipinski definition) is 7. The van der Waals surface area contributed by atoms with Crippen molar-refractivity contribution in [2.75, 3.05) is 18.4 Å². The second-order valence-corrected chi connectivity index (χ2v) is 7.77. The molecule has 8 nitrogen and oxygen atoms in total. The molecule has 0 spiro atoms. The van der Waals surface area contributed by atoms with Crippen LogP contribution in [0.25, 0.3) is 10.6 Å². The zero-order valence-electron chi connectivity index (χ0n) is 15.6. The lowest BCUT2D eigenvalue weighted by Crippen LogP contribution is -2.28. The second-order valence-electron chi connectivity index (χ2n) is 6.71. The third-order valence-electron chi connectivity index (χ3n) is 4.75. The fourth-order valence-corrected chi connectivity index (χ4v) is 4.05. The average Bonchev–Trinajstić information content (AvgIpc) is 3.44. The molecule has 148 valence electrons. The molecule has 1 aromatic heterocycles. The van der Waals surface area contributed by atoms with Gasteiger partial charge < -0.3 is 10.2 Å². The first kappa shape index (κ1) is 19.0. The van der Waals surface area contributed by atoms with E-state index in [0.717, 1.165) is 28.4 Å². The molecule has 0 unspecified atom stereocenters. The van der Waals surface area contributed by atoms with E-state index in [1.165, 1.54) is 17.4 Å². The molecule has 1 aliphatic rings. The number of hydrogen-bond donors (Lipinski definition) is 1. The molecule has 2 heterocycles. The standard InChI is InChI=1S/C20H19N5O3S/c26-20(24-10-4-5-11-24)16-12-15(8-9-17(16)25(27)28)21-13-18-22-23-19(29-18)14-6-2-1-3-7-14/h1-3,6-9,12,21H,4-5,10-11,13H2. The predicted octanol–water partition coefficient (Wildman–Crippen LogP) is 3.96. The monoisotopic (exact) mass is 409 g/mol. The molecule has 4 rings (SSSR count). The molecule has 29 heavy (non-hydrogen) atoms. The number of benzene rings is 2. The van der Waals surface area contributed by atoms with Crippen LogP contribution in [-0.2, 0) is 6.54 Å². The summed E-state index contributed by atoms with van der Waals surface area (Å²) < 4.78 is 0. The van der Waals surface area contributed by atoms with Crippen LogP contribution in [0.2, 0.25) is 0 Å². The number of carbonyl (C=O) groups is 1. The maximum absolute atomic E-state index is 12.7. The summed E-state index contributed by atoms with van der Waals surface area (Å²) in [6, 6.07) is 14.3. The fraction of sp³-hybridized carbons (Fsp3) is 0.250. The average molecular weight is 409 g/mol. The van der Waals surface area contributed by atoms with E-state index < -0.39 is 4.92 Å². The van der Waals surface area contributed by atoms with Crippen molar-refractivity contribution in [3.8, 4) is 10.6 Å². The molecule has 9 heteroatoms. The van der Waals surface area contributed by atoms with Crippen molar-refractivity contribution in [2.24, 2.45) is 0 Å². The van der Waals surface area contributed by atoms with Crippen molar-refractivity contribution < 1.29 is 9.72 Å². The molecule has 0 atom stereocenters.